The fraction of sp³-hybridized carbons (Fsp3) is 0.538. The molecular formula is C13H14Cl2F3NO3S. The molecule has 0 radical (unpaired) electrons. The zero-order chi connectivity index (χ0) is 17.3. The summed E-state index contributed by atoms with van der Waals surface area (Å²) in [5, 5.41) is 0.130. The van der Waals surface area contributed by atoms with Crippen molar-refractivity contribution < 1.29 is 25.8 Å². The van der Waals surface area contributed by atoms with E-state index >= 15 is 0 Å². The lowest BCUT2D eigenvalue weighted by atomic mass is 10.1. The molecule has 1 heterocycles. The largest absolute Gasteiger partial charge is 0.534 e. The Hall–Kier alpha value is -0.700. The Morgan fingerprint density at radius 3 is 2.09 bits per heavy atom. The third kappa shape index (κ3) is 4.65. The van der Waals surface area contributed by atoms with Crippen LogP contribution in [0.1, 0.15) is 24.8 Å². The summed E-state index contributed by atoms with van der Waals surface area (Å²) in [7, 11) is -5.75. The molecule has 0 aliphatic carbocycles. The average Bonchev–Trinajstić information content (AvgIpc) is 2.42. The number of nitrogens with zero attached hydrogens (tertiary/aromatic N) is 1. The number of piperidine rings is 1. The van der Waals surface area contributed by atoms with E-state index in [0.717, 1.165) is 44.5 Å². The number of benzene rings is 1. The Balaban J connectivity index is 2.20. The molecule has 1 aromatic carbocycles. The van der Waals surface area contributed by atoms with Gasteiger partial charge in [0.1, 0.15) is 5.75 Å². The fourth-order valence-corrected chi connectivity index (χ4v) is 3.32. The van der Waals surface area contributed by atoms with Gasteiger partial charge < -0.3 is 4.18 Å². The van der Waals surface area contributed by atoms with E-state index in [2.05, 4.69) is 9.08 Å². The van der Waals surface area contributed by atoms with Crippen LogP contribution in [-0.4, -0.2) is 31.9 Å². The molecule has 0 bridgehead atoms. The average molecular weight is 392 g/mol. The first-order valence-corrected chi connectivity index (χ1v) is 8.97. The van der Waals surface area contributed by atoms with Crippen LogP contribution in [0.25, 0.3) is 0 Å². The highest BCUT2D eigenvalue weighted by Crippen LogP contribution is 2.34. The standard InChI is InChI=1S/C13H14Cl2F3NO3S/c14-11-6-9(22-23(20,21)13(16,17)18)7-12(15)10(11)8-19-4-2-1-3-5-19/h6-7H,1-5,8H2. The van der Waals surface area contributed by atoms with Crippen LogP contribution in [0.15, 0.2) is 12.1 Å². The second-order valence-corrected chi connectivity index (χ2v) is 7.54. The molecule has 1 saturated heterocycles. The van der Waals surface area contributed by atoms with E-state index in [-0.39, 0.29) is 10.0 Å². The van der Waals surface area contributed by atoms with Gasteiger partial charge in [-0.05, 0) is 25.9 Å². The van der Waals surface area contributed by atoms with Gasteiger partial charge in [0.05, 0.1) is 10.0 Å². The van der Waals surface area contributed by atoms with E-state index < -0.39 is 21.4 Å². The van der Waals surface area contributed by atoms with E-state index in [1.807, 2.05) is 0 Å². The highest BCUT2D eigenvalue weighted by atomic mass is 35.5. The predicted molar refractivity (Wildman–Crippen MR) is 81.2 cm³/mol. The lowest BCUT2D eigenvalue weighted by Gasteiger charge is -2.27. The maximum Gasteiger partial charge on any atom is 0.534 e. The molecule has 0 atom stereocenters. The topological polar surface area (TPSA) is 46.6 Å². The van der Waals surface area contributed by atoms with E-state index in [1.165, 1.54) is 0 Å². The molecule has 1 aromatic rings. The summed E-state index contributed by atoms with van der Waals surface area (Å²) in [4.78, 5) is 2.13. The zero-order valence-electron chi connectivity index (χ0n) is 11.9. The van der Waals surface area contributed by atoms with Crippen LogP contribution in [0.4, 0.5) is 13.2 Å². The first-order chi connectivity index (χ1) is 10.6. The van der Waals surface area contributed by atoms with Gasteiger partial charge in [-0.25, -0.2) is 0 Å². The van der Waals surface area contributed by atoms with Gasteiger partial charge in [0.15, 0.2) is 0 Å². The molecule has 0 spiro atoms. The lowest BCUT2D eigenvalue weighted by Crippen LogP contribution is -2.29. The van der Waals surface area contributed by atoms with Gasteiger partial charge in [-0.1, -0.05) is 29.6 Å². The van der Waals surface area contributed by atoms with Crippen LogP contribution in [0.3, 0.4) is 0 Å². The molecule has 0 N–H and O–H groups in total. The van der Waals surface area contributed by atoms with Crippen molar-refractivity contribution >= 4 is 33.3 Å². The van der Waals surface area contributed by atoms with Crippen molar-refractivity contribution in [3.05, 3.63) is 27.7 Å². The van der Waals surface area contributed by atoms with Crippen molar-refractivity contribution in [1.29, 1.82) is 0 Å². The number of alkyl halides is 3. The van der Waals surface area contributed by atoms with Crippen molar-refractivity contribution in [2.45, 2.75) is 31.3 Å². The second-order valence-electron chi connectivity index (χ2n) is 5.19. The molecule has 1 fully saturated rings. The Kier molecular flexibility index (Phi) is 5.71. The van der Waals surface area contributed by atoms with Crippen LogP contribution in [0.5, 0.6) is 5.75 Å². The van der Waals surface area contributed by atoms with Gasteiger partial charge in [0.25, 0.3) is 0 Å². The summed E-state index contributed by atoms with van der Waals surface area (Å²) in [6.45, 7) is 2.21. The minimum atomic E-state index is -5.75. The Bertz CT molecular complexity index is 651. The number of halogens is 5. The van der Waals surface area contributed by atoms with Crippen LogP contribution in [0, 0.1) is 0 Å². The first-order valence-electron chi connectivity index (χ1n) is 6.81. The van der Waals surface area contributed by atoms with Crippen molar-refractivity contribution in [3.63, 3.8) is 0 Å². The van der Waals surface area contributed by atoms with Crippen LogP contribution in [0.2, 0.25) is 10.0 Å². The summed E-state index contributed by atoms with van der Waals surface area (Å²) in [5.74, 6) is -0.570. The van der Waals surface area contributed by atoms with Gasteiger partial charge in [0, 0.05) is 24.2 Å². The molecule has 4 nitrogen and oxygen atoms in total. The van der Waals surface area contributed by atoms with E-state index in [1.54, 1.807) is 0 Å². The monoisotopic (exact) mass is 391 g/mol. The maximum atomic E-state index is 12.3. The molecule has 2 rings (SSSR count). The number of rotatable bonds is 4. The molecule has 23 heavy (non-hydrogen) atoms. The van der Waals surface area contributed by atoms with Crippen molar-refractivity contribution in [2.75, 3.05) is 13.1 Å². The Morgan fingerprint density at radius 2 is 1.61 bits per heavy atom. The van der Waals surface area contributed by atoms with Gasteiger partial charge in [0.2, 0.25) is 0 Å². The molecule has 10 heteroatoms. The summed E-state index contributed by atoms with van der Waals surface area (Å²) < 4.78 is 63.0. The Morgan fingerprint density at radius 1 is 1.09 bits per heavy atom. The number of hydrogen-bond donors (Lipinski definition) is 0. The van der Waals surface area contributed by atoms with Gasteiger partial charge in [-0.2, -0.15) is 21.6 Å². The minimum absolute atomic E-state index is 0.0652. The van der Waals surface area contributed by atoms with Crippen molar-refractivity contribution in [1.82, 2.24) is 4.90 Å². The highest BCUT2D eigenvalue weighted by Gasteiger charge is 2.48. The summed E-state index contributed by atoms with van der Waals surface area (Å²) in [6, 6.07) is 2.05. The first kappa shape index (κ1) is 18.6. The van der Waals surface area contributed by atoms with Crippen LogP contribution in [-0.2, 0) is 16.7 Å². The minimum Gasteiger partial charge on any atom is -0.376 e. The maximum absolute atomic E-state index is 12.3. The lowest BCUT2D eigenvalue weighted by molar-refractivity contribution is -0.0500. The molecule has 1 aliphatic rings. The van der Waals surface area contributed by atoms with E-state index in [4.69, 9.17) is 23.2 Å². The van der Waals surface area contributed by atoms with Crippen molar-refractivity contribution in [2.24, 2.45) is 0 Å². The van der Waals surface area contributed by atoms with Crippen LogP contribution < -0.4 is 4.18 Å². The van der Waals surface area contributed by atoms with Gasteiger partial charge in [-0.15, -0.1) is 0 Å². The molecule has 0 unspecified atom stereocenters. The van der Waals surface area contributed by atoms with Gasteiger partial charge in [-0.3, -0.25) is 4.90 Å². The summed E-state index contributed by atoms with van der Waals surface area (Å²) in [6.07, 6.45) is 3.26. The zero-order valence-corrected chi connectivity index (χ0v) is 14.2. The van der Waals surface area contributed by atoms with E-state index in [9.17, 15) is 21.6 Å². The molecule has 1 aliphatic heterocycles. The smallest absolute Gasteiger partial charge is 0.376 e. The van der Waals surface area contributed by atoms with Crippen LogP contribution >= 0.6 is 23.2 Å². The van der Waals surface area contributed by atoms with Gasteiger partial charge >= 0.3 is 15.6 Å². The summed E-state index contributed by atoms with van der Waals surface area (Å²) >= 11 is 12.1. The molecular weight excluding hydrogens is 378 g/mol. The SMILES string of the molecule is O=S(=O)(Oc1cc(Cl)c(CN2CCCCC2)c(Cl)c1)C(F)(F)F. The third-order valence-corrected chi connectivity index (χ3v) is 5.09. The number of likely N-dealkylation sites (tertiary alicyclic amines) is 1. The number of hydrogen-bond acceptors (Lipinski definition) is 4. The van der Waals surface area contributed by atoms with E-state index in [0.29, 0.717) is 12.1 Å². The quantitative estimate of drug-likeness (QED) is 0.569. The molecule has 130 valence electrons. The molecule has 0 saturated carbocycles. The summed E-state index contributed by atoms with van der Waals surface area (Å²) in [5.41, 5.74) is -4.98. The normalized spacial score (nSPS) is 17.3. The fourth-order valence-electron chi connectivity index (χ4n) is 2.29. The van der Waals surface area contributed by atoms with Crippen molar-refractivity contribution in [3.8, 4) is 5.75 Å². The predicted octanol–water partition coefficient (Wildman–Crippen LogP) is 4.21. The second kappa shape index (κ2) is 7.04. The highest BCUT2D eigenvalue weighted by molar-refractivity contribution is 7.88. The molecule has 0 aromatic heterocycles. The third-order valence-electron chi connectivity index (χ3n) is 3.43. The molecule has 0 amide bonds. The Labute approximate surface area is 142 Å².